The van der Waals surface area contributed by atoms with Crippen molar-refractivity contribution in [3.05, 3.63) is 71.8 Å². The van der Waals surface area contributed by atoms with Crippen molar-refractivity contribution < 1.29 is 25.2 Å². The van der Waals surface area contributed by atoms with E-state index in [9.17, 15) is 11.0 Å². The van der Waals surface area contributed by atoms with Gasteiger partial charge in [0.05, 0.1) is 13.2 Å². The number of esters is 2. The number of benzene rings is 2. The highest BCUT2D eigenvalue weighted by Gasteiger charge is 2.80. The van der Waals surface area contributed by atoms with Crippen molar-refractivity contribution in [1.82, 2.24) is 0 Å². The van der Waals surface area contributed by atoms with Crippen LogP contribution in [0, 0.1) is 5.41 Å². The molecule has 0 spiro atoms. The first-order valence-electron chi connectivity index (χ1n) is 11.1. The Hall–Kier alpha value is -3.15. The summed E-state index contributed by atoms with van der Waals surface area (Å²) in [4.78, 5) is 30.7. The molecule has 4 rings (SSSR count). The average Bonchev–Trinajstić information content (AvgIpc) is 3.02. The highest BCUT2D eigenvalue weighted by atomic mass is 16.6. The van der Waals surface area contributed by atoms with Crippen molar-refractivity contribution in [2.75, 3.05) is 13.2 Å². The largest absolute Gasteiger partial charge is 0.479 e. The van der Waals surface area contributed by atoms with Crippen LogP contribution in [0.3, 0.4) is 0 Å². The number of carbonyl (C=O) groups is 2. The molecule has 162 valence electrons. The number of hydrogen-bond donors (Lipinski definition) is 0. The Morgan fingerprint density at radius 3 is 2.29 bits per heavy atom. The van der Waals surface area contributed by atoms with Gasteiger partial charge in [-0.3, -0.25) is 9.59 Å². The molecule has 1 heterocycles. The van der Waals surface area contributed by atoms with Gasteiger partial charge in [-0.25, -0.2) is 4.99 Å². The molecule has 1 saturated carbocycles. The molecule has 1 fully saturated rings. The summed E-state index contributed by atoms with van der Waals surface area (Å²) < 4.78 is 26.2. The summed E-state index contributed by atoms with van der Waals surface area (Å²) >= 11 is 0. The van der Waals surface area contributed by atoms with Gasteiger partial charge in [0.1, 0.15) is 11.0 Å². The smallest absolute Gasteiger partial charge is 0.319 e. The summed E-state index contributed by atoms with van der Waals surface area (Å²) in [6.07, 6.45) is -2.13. The van der Waals surface area contributed by atoms with E-state index in [-0.39, 0.29) is 19.1 Å². The molecular formula is C25H27NO5. The number of fused-ring (bicyclic) bond motifs is 1. The first-order valence-corrected chi connectivity index (χ1v) is 10.5. The number of hydrogen-bond acceptors (Lipinski definition) is 6. The van der Waals surface area contributed by atoms with Crippen molar-refractivity contribution in [2.45, 2.75) is 44.7 Å². The van der Waals surface area contributed by atoms with E-state index in [1.54, 1.807) is 13.8 Å². The predicted octanol–water partition coefficient (Wildman–Crippen LogP) is 4.00. The summed E-state index contributed by atoms with van der Waals surface area (Å²) in [6.45, 7) is 5.19. The van der Waals surface area contributed by atoms with Gasteiger partial charge < -0.3 is 14.2 Å². The molecule has 0 amide bonds. The van der Waals surface area contributed by atoms with E-state index in [1.807, 2.05) is 60.7 Å². The van der Waals surface area contributed by atoms with Crippen LogP contribution in [0.4, 0.5) is 0 Å². The number of rotatable bonds is 6. The van der Waals surface area contributed by atoms with Crippen LogP contribution in [0.2, 0.25) is 0 Å². The second kappa shape index (κ2) is 8.17. The van der Waals surface area contributed by atoms with Crippen LogP contribution in [-0.2, 0) is 29.3 Å². The lowest BCUT2D eigenvalue weighted by Gasteiger charge is -2.58. The average molecular weight is 422 g/mol. The zero-order valence-corrected chi connectivity index (χ0v) is 17.9. The van der Waals surface area contributed by atoms with Crippen molar-refractivity contribution >= 4 is 17.8 Å². The Balaban J connectivity index is 2.03. The predicted molar refractivity (Wildman–Crippen MR) is 116 cm³/mol. The Bertz CT molecular complexity index is 1030. The third kappa shape index (κ3) is 3.04. The summed E-state index contributed by atoms with van der Waals surface area (Å²) in [5, 5.41) is 0. The maximum absolute atomic E-state index is 13.7. The van der Waals surface area contributed by atoms with E-state index < -0.39 is 41.3 Å². The van der Waals surface area contributed by atoms with E-state index in [2.05, 4.69) is 0 Å². The van der Waals surface area contributed by atoms with Crippen molar-refractivity contribution in [3.8, 4) is 0 Å². The van der Waals surface area contributed by atoms with Gasteiger partial charge in [-0.15, -0.1) is 0 Å². The van der Waals surface area contributed by atoms with E-state index >= 15 is 0 Å². The Morgan fingerprint density at radius 2 is 1.71 bits per heavy atom. The number of aliphatic imine (C=N–C) groups is 1. The quantitative estimate of drug-likeness (QED) is 0.658. The van der Waals surface area contributed by atoms with Gasteiger partial charge in [-0.1, -0.05) is 60.7 Å². The maximum atomic E-state index is 13.7. The van der Waals surface area contributed by atoms with Crippen LogP contribution >= 0.6 is 0 Å². The second-order valence-corrected chi connectivity index (χ2v) is 7.65. The molecule has 2 aliphatic rings. The lowest BCUT2D eigenvalue weighted by molar-refractivity contribution is -0.189. The monoisotopic (exact) mass is 422 g/mol. The Kier molecular flexibility index (Phi) is 5.22. The van der Waals surface area contributed by atoms with E-state index in [4.69, 9.17) is 19.2 Å². The van der Waals surface area contributed by atoms with Crippen molar-refractivity contribution in [2.24, 2.45) is 10.4 Å². The van der Waals surface area contributed by atoms with Crippen LogP contribution in [0.5, 0.6) is 0 Å². The van der Waals surface area contributed by atoms with Gasteiger partial charge in [-0.2, -0.15) is 0 Å². The van der Waals surface area contributed by atoms with Crippen LogP contribution < -0.4 is 0 Å². The van der Waals surface area contributed by atoms with Crippen LogP contribution in [0.25, 0.3) is 0 Å². The molecular weight excluding hydrogens is 394 g/mol. The minimum absolute atomic E-state index is 0.130. The summed E-state index contributed by atoms with van der Waals surface area (Å²) in [7, 11) is 0. The van der Waals surface area contributed by atoms with E-state index in [0.29, 0.717) is 0 Å². The first-order chi connectivity index (χ1) is 15.4. The first kappa shape index (κ1) is 19.8. The van der Waals surface area contributed by atoms with Gasteiger partial charge in [0.25, 0.3) is 0 Å². The third-order valence-corrected chi connectivity index (χ3v) is 6.00. The summed E-state index contributed by atoms with van der Waals surface area (Å²) in [5.41, 5.74) is -1.16. The molecule has 31 heavy (non-hydrogen) atoms. The SMILES string of the molecule is [2H][C@@H]1[C@H](c2ccccc2)[C@@]2(c3ccccc3)N=C(OCC)[C@H](OC(C)=O)[C@@]12C(=O)OCC. The summed E-state index contributed by atoms with van der Waals surface area (Å²) in [5.74, 6) is -1.51. The highest BCUT2D eigenvalue weighted by molar-refractivity contribution is 5.98. The topological polar surface area (TPSA) is 74.2 Å². The molecule has 1 aliphatic carbocycles. The zero-order chi connectivity index (χ0) is 22.9. The molecule has 6 heteroatoms. The number of nitrogens with zero attached hydrogens (tertiary/aromatic N) is 1. The standard InChI is InChI=1S/C25H27NO5/c1-4-29-22-21(31-17(3)27)24(23(28)30-5-2)16-20(18-12-8-6-9-13-18)25(24,26-22)19-14-10-7-11-15-19/h6-15,20-21H,4-5,16H2,1-3H3/t20-,21+,24-,25-/m1/s1/i16D/t16-,20-,21+,24-,25-. The summed E-state index contributed by atoms with van der Waals surface area (Å²) in [6, 6.07) is 19.0. The van der Waals surface area contributed by atoms with Crippen LogP contribution in [0.15, 0.2) is 65.7 Å². The Labute approximate surface area is 183 Å². The molecule has 0 radical (unpaired) electrons. The van der Waals surface area contributed by atoms with Gasteiger partial charge in [0.15, 0.2) is 6.10 Å². The maximum Gasteiger partial charge on any atom is 0.319 e. The second-order valence-electron chi connectivity index (χ2n) is 7.65. The highest BCUT2D eigenvalue weighted by Crippen LogP contribution is 2.71. The minimum atomic E-state index is -1.57. The number of carbonyl (C=O) groups excluding carboxylic acids is 2. The fourth-order valence-corrected chi connectivity index (χ4v) is 4.87. The number of ether oxygens (including phenoxy) is 3. The van der Waals surface area contributed by atoms with Crippen LogP contribution in [0.1, 0.15) is 45.6 Å². The molecule has 0 unspecified atom stereocenters. The van der Waals surface area contributed by atoms with Gasteiger partial charge in [0.2, 0.25) is 5.90 Å². The molecule has 2 aromatic carbocycles. The molecule has 0 saturated heterocycles. The Morgan fingerprint density at radius 1 is 1.06 bits per heavy atom. The zero-order valence-electron chi connectivity index (χ0n) is 18.9. The van der Waals surface area contributed by atoms with Crippen molar-refractivity contribution in [3.63, 3.8) is 0 Å². The van der Waals surface area contributed by atoms with Crippen molar-refractivity contribution in [1.29, 1.82) is 0 Å². The molecule has 0 bridgehead atoms. The molecule has 6 nitrogen and oxygen atoms in total. The fraction of sp³-hybridized carbons (Fsp3) is 0.400. The molecule has 0 aromatic heterocycles. The molecule has 2 aromatic rings. The van der Waals surface area contributed by atoms with E-state index in [0.717, 1.165) is 11.1 Å². The van der Waals surface area contributed by atoms with Gasteiger partial charge in [0, 0.05) is 14.2 Å². The minimum Gasteiger partial charge on any atom is -0.479 e. The molecule has 0 N–H and O–H groups in total. The molecule has 1 aliphatic heterocycles. The van der Waals surface area contributed by atoms with Gasteiger partial charge in [-0.05, 0) is 31.4 Å². The lowest BCUT2D eigenvalue weighted by Crippen LogP contribution is -2.66. The van der Waals surface area contributed by atoms with E-state index in [1.165, 1.54) is 6.92 Å². The van der Waals surface area contributed by atoms with Gasteiger partial charge >= 0.3 is 11.9 Å². The third-order valence-electron chi connectivity index (χ3n) is 6.00. The molecule has 5 atom stereocenters. The normalized spacial score (nSPS) is 31.5. The lowest BCUT2D eigenvalue weighted by atomic mass is 9.44. The van der Waals surface area contributed by atoms with Crippen LogP contribution in [-0.4, -0.2) is 37.2 Å². The fourth-order valence-electron chi connectivity index (χ4n) is 4.87.